The highest BCUT2D eigenvalue weighted by Crippen LogP contribution is 2.33. The molecule has 1 aliphatic heterocycles. The summed E-state index contributed by atoms with van der Waals surface area (Å²) in [6.07, 6.45) is -0.419. The average Bonchev–Trinajstić information content (AvgIpc) is 2.83. The van der Waals surface area contributed by atoms with Gasteiger partial charge in [-0.15, -0.1) is 0 Å². The summed E-state index contributed by atoms with van der Waals surface area (Å²) in [5, 5.41) is 3.15. The van der Waals surface area contributed by atoms with E-state index in [1.807, 2.05) is 12.1 Å². The molecule has 0 radical (unpaired) electrons. The lowest BCUT2D eigenvalue weighted by Gasteiger charge is -2.28. The van der Waals surface area contributed by atoms with Crippen LogP contribution in [0.5, 0.6) is 11.5 Å². The monoisotopic (exact) mass is 506 g/mol. The number of ether oxygens (including phenoxy) is 2. The second-order valence-electron chi connectivity index (χ2n) is 7.22. The molecule has 172 valence electrons. The fourth-order valence-corrected chi connectivity index (χ4v) is 5.16. The molecule has 1 aliphatic rings. The molecule has 3 aromatic carbocycles. The second kappa shape index (κ2) is 9.91. The first-order chi connectivity index (χ1) is 15.8. The largest absolute Gasteiger partial charge is 0.486 e. The number of nitrogens with zero attached hydrogens (tertiary/aromatic N) is 1. The minimum atomic E-state index is -4.10. The van der Waals surface area contributed by atoms with Gasteiger partial charge in [-0.05, 0) is 42.5 Å². The quantitative estimate of drug-likeness (QED) is 0.520. The third-order valence-corrected chi connectivity index (χ3v) is 7.22. The van der Waals surface area contributed by atoms with Gasteiger partial charge >= 0.3 is 0 Å². The van der Waals surface area contributed by atoms with E-state index in [2.05, 4.69) is 5.32 Å². The van der Waals surface area contributed by atoms with Crippen molar-refractivity contribution in [3.05, 3.63) is 82.8 Å². The Kier molecular flexibility index (Phi) is 6.97. The number of amides is 1. The highest BCUT2D eigenvalue weighted by molar-refractivity contribution is 7.92. The third-order valence-electron chi connectivity index (χ3n) is 4.89. The van der Waals surface area contributed by atoms with Crippen molar-refractivity contribution >= 4 is 44.8 Å². The lowest BCUT2D eigenvalue weighted by molar-refractivity contribution is -0.120. The molecule has 0 bridgehead atoms. The number of carbonyl (C=O) groups excluding carboxylic acids is 1. The molecule has 1 heterocycles. The van der Waals surface area contributed by atoms with Crippen molar-refractivity contribution in [3.63, 3.8) is 0 Å². The van der Waals surface area contributed by atoms with Crippen molar-refractivity contribution in [1.29, 1.82) is 0 Å². The van der Waals surface area contributed by atoms with Gasteiger partial charge in [-0.2, -0.15) is 0 Å². The molecule has 0 saturated carbocycles. The van der Waals surface area contributed by atoms with Crippen molar-refractivity contribution in [2.24, 2.45) is 0 Å². The lowest BCUT2D eigenvalue weighted by Crippen LogP contribution is -2.45. The molecule has 33 heavy (non-hydrogen) atoms. The van der Waals surface area contributed by atoms with Gasteiger partial charge in [0.05, 0.1) is 22.2 Å². The molecule has 10 heteroatoms. The molecule has 3 aromatic rings. The molecule has 0 spiro atoms. The predicted octanol–water partition coefficient (Wildman–Crippen LogP) is 4.14. The van der Waals surface area contributed by atoms with Crippen molar-refractivity contribution < 1.29 is 22.7 Å². The van der Waals surface area contributed by atoms with Crippen LogP contribution < -0.4 is 19.1 Å². The molecule has 0 fully saturated rings. The zero-order valence-electron chi connectivity index (χ0n) is 17.3. The predicted molar refractivity (Wildman–Crippen MR) is 127 cm³/mol. The SMILES string of the molecule is O=C(CN(c1cc(Cl)ccc1Cl)S(=O)(=O)c1ccccc1)NC[C@H]1COc2ccccc2O1. The van der Waals surface area contributed by atoms with Crippen LogP contribution in [0.1, 0.15) is 0 Å². The maximum atomic E-state index is 13.4. The molecule has 1 atom stereocenters. The van der Waals surface area contributed by atoms with Crippen molar-refractivity contribution in [2.45, 2.75) is 11.0 Å². The summed E-state index contributed by atoms with van der Waals surface area (Å²) in [4.78, 5) is 12.8. The molecule has 0 unspecified atom stereocenters. The zero-order chi connectivity index (χ0) is 23.4. The van der Waals surface area contributed by atoms with E-state index in [9.17, 15) is 13.2 Å². The van der Waals surface area contributed by atoms with Crippen LogP contribution >= 0.6 is 23.2 Å². The third kappa shape index (κ3) is 5.35. The lowest BCUT2D eigenvalue weighted by atomic mass is 10.2. The molecule has 0 aromatic heterocycles. The van der Waals surface area contributed by atoms with Gasteiger partial charge in [0.15, 0.2) is 11.5 Å². The van der Waals surface area contributed by atoms with E-state index in [1.54, 1.807) is 36.4 Å². The zero-order valence-corrected chi connectivity index (χ0v) is 19.6. The number of nitrogens with one attached hydrogen (secondary N) is 1. The standard InChI is InChI=1S/C23H20Cl2N2O5S/c24-16-10-11-19(25)20(12-16)27(33(29,30)18-6-2-1-3-7-18)14-23(28)26-13-17-15-31-21-8-4-5-9-22(21)32-17/h1-12,17H,13-15H2,(H,26,28)/t17-/m0/s1. The van der Waals surface area contributed by atoms with Gasteiger partial charge in [0.1, 0.15) is 19.3 Å². The fourth-order valence-electron chi connectivity index (χ4n) is 3.27. The number of benzene rings is 3. The normalized spacial score (nSPS) is 15.0. The van der Waals surface area contributed by atoms with Gasteiger partial charge in [0, 0.05) is 5.02 Å². The fraction of sp³-hybridized carbons (Fsp3) is 0.174. The molecule has 1 amide bonds. The second-order valence-corrected chi connectivity index (χ2v) is 9.93. The maximum Gasteiger partial charge on any atom is 0.264 e. The highest BCUT2D eigenvalue weighted by atomic mass is 35.5. The molecular weight excluding hydrogens is 487 g/mol. The van der Waals surface area contributed by atoms with Crippen LogP contribution in [0.15, 0.2) is 77.7 Å². The maximum absolute atomic E-state index is 13.4. The van der Waals surface area contributed by atoms with Gasteiger partial charge in [-0.1, -0.05) is 53.5 Å². The van der Waals surface area contributed by atoms with Crippen molar-refractivity contribution in [2.75, 3.05) is 24.0 Å². The number of fused-ring (bicyclic) bond motifs is 1. The summed E-state index contributed by atoms with van der Waals surface area (Å²) in [5.74, 6) is 0.686. The number of carbonyl (C=O) groups is 1. The van der Waals surface area contributed by atoms with Gasteiger partial charge in [0.25, 0.3) is 10.0 Å². The van der Waals surface area contributed by atoms with Crippen LogP contribution in [0.3, 0.4) is 0 Å². The summed E-state index contributed by atoms with van der Waals surface area (Å²) in [5.41, 5.74) is 0.106. The van der Waals surface area contributed by atoms with Crippen LogP contribution in [-0.4, -0.2) is 40.1 Å². The molecular formula is C23H20Cl2N2O5S. The van der Waals surface area contributed by atoms with Gasteiger partial charge < -0.3 is 14.8 Å². The topological polar surface area (TPSA) is 84.9 Å². The highest BCUT2D eigenvalue weighted by Gasteiger charge is 2.29. The first-order valence-corrected chi connectivity index (χ1v) is 12.2. The Bertz CT molecular complexity index is 1250. The molecule has 7 nitrogen and oxygen atoms in total. The number of anilines is 1. The molecule has 4 rings (SSSR count). The number of hydrogen-bond acceptors (Lipinski definition) is 5. The first kappa shape index (κ1) is 23.2. The van der Waals surface area contributed by atoms with E-state index in [-0.39, 0.29) is 33.8 Å². The van der Waals surface area contributed by atoms with Gasteiger partial charge in [-0.3, -0.25) is 9.10 Å². The smallest absolute Gasteiger partial charge is 0.264 e. The van der Waals surface area contributed by atoms with Crippen LogP contribution in [0.4, 0.5) is 5.69 Å². The van der Waals surface area contributed by atoms with Gasteiger partial charge in [0.2, 0.25) is 5.91 Å². The van der Waals surface area contributed by atoms with E-state index in [4.69, 9.17) is 32.7 Å². The van der Waals surface area contributed by atoms with Crippen molar-refractivity contribution in [3.8, 4) is 11.5 Å². The van der Waals surface area contributed by atoms with Crippen LogP contribution in [0.25, 0.3) is 0 Å². The van der Waals surface area contributed by atoms with Crippen molar-refractivity contribution in [1.82, 2.24) is 5.32 Å². The molecule has 0 saturated heterocycles. The van der Waals surface area contributed by atoms with Crippen LogP contribution in [0, 0.1) is 0 Å². The van der Waals surface area contributed by atoms with E-state index in [1.165, 1.54) is 24.3 Å². The summed E-state index contributed by atoms with van der Waals surface area (Å²) in [6.45, 7) is -0.111. The Hall–Kier alpha value is -2.94. The number of sulfonamides is 1. The summed E-state index contributed by atoms with van der Waals surface area (Å²) in [6, 6.07) is 19.5. The van der Waals surface area contributed by atoms with E-state index < -0.39 is 28.6 Å². The molecule has 0 aliphatic carbocycles. The van der Waals surface area contributed by atoms with E-state index in [0.29, 0.717) is 11.5 Å². The Morgan fingerprint density at radius 2 is 1.70 bits per heavy atom. The summed E-state index contributed by atoms with van der Waals surface area (Å²) >= 11 is 12.4. The Morgan fingerprint density at radius 1 is 1.00 bits per heavy atom. The minimum Gasteiger partial charge on any atom is -0.486 e. The Morgan fingerprint density at radius 3 is 2.45 bits per heavy atom. The first-order valence-electron chi connectivity index (χ1n) is 10.0. The van der Waals surface area contributed by atoms with Gasteiger partial charge in [-0.25, -0.2) is 8.42 Å². The summed E-state index contributed by atoms with van der Waals surface area (Å²) < 4.78 is 39.2. The Labute approximate surface area is 201 Å². The van der Waals surface area contributed by atoms with E-state index in [0.717, 1.165) is 4.31 Å². The Balaban J connectivity index is 1.52. The average molecular weight is 507 g/mol. The minimum absolute atomic E-state index is 0.0227. The number of rotatable bonds is 7. The number of hydrogen-bond donors (Lipinski definition) is 1. The van der Waals surface area contributed by atoms with Crippen LogP contribution in [-0.2, 0) is 14.8 Å². The number of halogens is 2. The van der Waals surface area contributed by atoms with E-state index >= 15 is 0 Å². The number of para-hydroxylation sites is 2. The molecule has 1 N–H and O–H groups in total. The summed E-state index contributed by atoms with van der Waals surface area (Å²) in [7, 11) is -4.10. The van der Waals surface area contributed by atoms with Crippen LogP contribution in [0.2, 0.25) is 10.0 Å².